The average molecular weight is 372 g/mol. The van der Waals surface area contributed by atoms with Crippen LogP contribution in [0, 0.1) is 13.8 Å². The van der Waals surface area contributed by atoms with Crippen LogP contribution < -0.4 is 5.32 Å². The summed E-state index contributed by atoms with van der Waals surface area (Å²) < 4.78 is 7.03. The summed E-state index contributed by atoms with van der Waals surface area (Å²) in [4.78, 5) is 25.9. The van der Waals surface area contributed by atoms with Crippen molar-refractivity contribution in [3.05, 3.63) is 47.3 Å². The third-order valence-electron chi connectivity index (χ3n) is 3.73. The molecule has 0 bridgehead atoms. The van der Waals surface area contributed by atoms with Gasteiger partial charge in [-0.1, -0.05) is 12.1 Å². The molecule has 0 saturated heterocycles. The Hall–Kier alpha value is -2.83. The maximum Gasteiger partial charge on any atom is 0.410 e. The fourth-order valence-electron chi connectivity index (χ4n) is 2.60. The molecule has 1 aromatic heterocycles. The number of aromatic nitrogens is 2. The molecule has 0 saturated carbocycles. The van der Waals surface area contributed by atoms with Gasteiger partial charge in [0.2, 0.25) is 5.91 Å². The molecular formula is C20H28N4O3. The van der Waals surface area contributed by atoms with Gasteiger partial charge >= 0.3 is 6.09 Å². The second-order valence-corrected chi connectivity index (χ2v) is 7.67. The maximum atomic E-state index is 12.3. The molecule has 0 radical (unpaired) electrons. The molecule has 0 aliphatic rings. The van der Waals surface area contributed by atoms with Crippen molar-refractivity contribution in [1.29, 1.82) is 0 Å². The largest absolute Gasteiger partial charge is 0.444 e. The Labute approximate surface area is 160 Å². The highest BCUT2D eigenvalue weighted by Crippen LogP contribution is 2.15. The van der Waals surface area contributed by atoms with Gasteiger partial charge in [0.15, 0.2) is 0 Å². The van der Waals surface area contributed by atoms with Crippen LogP contribution in [-0.2, 0) is 22.6 Å². The number of hydrogen-bond acceptors (Lipinski definition) is 4. The summed E-state index contributed by atoms with van der Waals surface area (Å²) in [6.07, 6.45) is -0.388. The summed E-state index contributed by atoms with van der Waals surface area (Å²) >= 11 is 0. The number of anilines is 1. The lowest BCUT2D eigenvalue weighted by Gasteiger charge is -2.24. The van der Waals surface area contributed by atoms with E-state index in [0.29, 0.717) is 12.2 Å². The van der Waals surface area contributed by atoms with Crippen LogP contribution in [0.3, 0.4) is 0 Å². The number of carbonyl (C=O) groups is 2. The van der Waals surface area contributed by atoms with Crippen molar-refractivity contribution in [2.45, 2.75) is 53.3 Å². The minimum Gasteiger partial charge on any atom is -0.444 e. The smallest absolute Gasteiger partial charge is 0.410 e. The van der Waals surface area contributed by atoms with Gasteiger partial charge in [-0.15, -0.1) is 0 Å². The van der Waals surface area contributed by atoms with Crippen LogP contribution in [0.1, 0.15) is 37.7 Å². The molecule has 2 rings (SSSR count). The van der Waals surface area contributed by atoms with Crippen LogP contribution in [0.15, 0.2) is 30.3 Å². The monoisotopic (exact) mass is 372 g/mol. The number of nitrogens with one attached hydrogen (secondary N) is 1. The van der Waals surface area contributed by atoms with Gasteiger partial charge in [-0.3, -0.25) is 9.48 Å². The van der Waals surface area contributed by atoms with E-state index in [1.807, 2.05) is 65.0 Å². The topological polar surface area (TPSA) is 76.5 Å². The van der Waals surface area contributed by atoms with E-state index in [4.69, 9.17) is 4.74 Å². The SMILES string of the molecule is Cc1cc(C)n(CC(=O)Nc2cccc(CN(C)C(=O)OC(C)(C)C)c2)n1. The normalized spacial score (nSPS) is 11.2. The fraction of sp³-hybridized carbons (Fsp3) is 0.450. The number of benzene rings is 1. The van der Waals surface area contributed by atoms with Gasteiger partial charge in [0, 0.05) is 25.0 Å². The van der Waals surface area contributed by atoms with E-state index in [9.17, 15) is 9.59 Å². The van der Waals surface area contributed by atoms with Crippen molar-refractivity contribution in [2.24, 2.45) is 0 Å². The molecule has 0 atom stereocenters. The lowest BCUT2D eigenvalue weighted by molar-refractivity contribution is -0.116. The Morgan fingerprint density at radius 3 is 2.52 bits per heavy atom. The Kier molecular flexibility index (Phi) is 6.25. The van der Waals surface area contributed by atoms with Crippen molar-refractivity contribution >= 4 is 17.7 Å². The van der Waals surface area contributed by atoms with E-state index in [-0.39, 0.29) is 18.5 Å². The number of carbonyl (C=O) groups excluding carboxylic acids is 2. The first kappa shape index (κ1) is 20.5. The van der Waals surface area contributed by atoms with Crippen LogP contribution in [0.5, 0.6) is 0 Å². The lowest BCUT2D eigenvalue weighted by atomic mass is 10.2. The number of aryl methyl sites for hydroxylation is 2. The standard InChI is InChI=1S/C20H28N4O3/c1-14-10-15(2)24(22-14)13-18(25)21-17-9-7-8-16(11-17)12-23(6)19(26)27-20(3,4)5/h7-11H,12-13H2,1-6H3,(H,21,25). The highest BCUT2D eigenvalue weighted by Gasteiger charge is 2.19. The molecule has 27 heavy (non-hydrogen) atoms. The summed E-state index contributed by atoms with van der Waals surface area (Å²) in [6, 6.07) is 9.34. The number of hydrogen-bond donors (Lipinski definition) is 1. The first-order valence-corrected chi connectivity index (χ1v) is 8.87. The minimum absolute atomic E-state index is 0.154. The summed E-state index contributed by atoms with van der Waals surface area (Å²) in [5.41, 5.74) is 2.86. The zero-order valence-corrected chi connectivity index (χ0v) is 16.9. The maximum absolute atomic E-state index is 12.3. The molecule has 0 spiro atoms. The Balaban J connectivity index is 1.97. The van der Waals surface area contributed by atoms with Gasteiger partial charge in [-0.25, -0.2) is 4.79 Å². The molecule has 7 heteroatoms. The van der Waals surface area contributed by atoms with Crippen LogP contribution in [0.4, 0.5) is 10.5 Å². The zero-order chi connectivity index (χ0) is 20.2. The number of ether oxygens (including phenoxy) is 1. The number of rotatable bonds is 5. The number of nitrogens with zero attached hydrogens (tertiary/aromatic N) is 3. The predicted molar refractivity (Wildman–Crippen MR) is 104 cm³/mol. The lowest BCUT2D eigenvalue weighted by Crippen LogP contribution is -2.33. The average Bonchev–Trinajstić information content (AvgIpc) is 2.83. The third kappa shape index (κ3) is 6.44. The Morgan fingerprint density at radius 2 is 1.93 bits per heavy atom. The molecule has 0 unspecified atom stereocenters. The Bertz CT molecular complexity index is 821. The molecule has 146 valence electrons. The zero-order valence-electron chi connectivity index (χ0n) is 16.9. The molecular weight excluding hydrogens is 344 g/mol. The van der Waals surface area contributed by atoms with Gasteiger partial charge in [-0.05, 0) is 58.4 Å². The first-order valence-electron chi connectivity index (χ1n) is 8.87. The summed E-state index contributed by atoms with van der Waals surface area (Å²) in [5.74, 6) is -0.154. The number of amides is 2. The second kappa shape index (κ2) is 8.24. The van der Waals surface area contributed by atoms with Crippen LogP contribution >= 0.6 is 0 Å². The molecule has 0 aliphatic heterocycles. The molecule has 0 aliphatic carbocycles. The first-order chi connectivity index (χ1) is 12.5. The molecule has 2 aromatic rings. The minimum atomic E-state index is -0.538. The Morgan fingerprint density at radius 1 is 1.22 bits per heavy atom. The molecule has 2 amide bonds. The third-order valence-corrected chi connectivity index (χ3v) is 3.73. The van der Waals surface area contributed by atoms with E-state index in [0.717, 1.165) is 17.0 Å². The van der Waals surface area contributed by atoms with E-state index >= 15 is 0 Å². The molecule has 1 aromatic carbocycles. The highest BCUT2D eigenvalue weighted by molar-refractivity contribution is 5.90. The van der Waals surface area contributed by atoms with Gasteiger partial charge in [0.05, 0.1) is 5.69 Å². The van der Waals surface area contributed by atoms with Crippen LogP contribution in [0.25, 0.3) is 0 Å². The van der Waals surface area contributed by atoms with Crippen molar-refractivity contribution < 1.29 is 14.3 Å². The van der Waals surface area contributed by atoms with Crippen molar-refractivity contribution in [2.75, 3.05) is 12.4 Å². The van der Waals surface area contributed by atoms with Crippen molar-refractivity contribution in [1.82, 2.24) is 14.7 Å². The molecule has 1 heterocycles. The van der Waals surface area contributed by atoms with Crippen LogP contribution in [-0.4, -0.2) is 39.3 Å². The van der Waals surface area contributed by atoms with E-state index in [1.165, 1.54) is 4.90 Å². The van der Waals surface area contributed by atoms with Gasteiger partial charge < -0.3 is 15.0 Å². The van der Waals surface area contributed by atoms with Crippen LogP contribution in [0.2, 0.25) is 0 Å². The molecule has 0 fully saturated rings. The summed E-state index contributed by atoms with van der Waals surface area (Å²) in [6.45, 7) is 9.84. The molecule has 1 N–H and O–H groups in total. The second-order valence-electron chi connectivity index (χ2n) is 7.67. The van der Waals surface area contributed by atoms with Gasteiger partial charge in [0.25, 0.3) is 0 Å². The quantitative estimate of drug-likeness (QED) is 0.871. The summed E-state index contributed by atoms with van der Waals surface area (Å²) in [5, 5.41) is 7.17. The van der Waals surface area contributed by atoms with Crippen molar-refractivity contribution in [3.63, 3.8) is 0 Å². The van der Waals surface area contributed by atoms with E-state index in [1.54, 1.807) is 11.7 Å². The fourth-order valence-corrected chi connectivity index (χ4v) is 2.60. The summed E-state index contributed by atoms with van der Waals surface area (Å²) in [7, 11) is 1.68. The van der Waals surface area contributed by atoms with E-state index in [2.05, 4.69) is 10.4 Å². The van der Waals surface area contributed by atoms with Crippen molar-refractivity contribution in [3.8, 4) is 0 Å². The highest BCUT2D eigenvalue weighted by atomic mass is 16.6. The predicted octanol–water partition coefficient (Wildman–Crippen LogP) is 3.51. The van der Waals surface area contributed by atoms with E-state index < -0.39 is 5.60 Å². The van der Waals surface area contributed by atoms with Gasteiger partial charge in [-0.2, -0.15) is 5.10 Å². The molecule has 7 nitrogen and oxygen atoms in total. The van der Waals surface area contributed by atoms with Gasteiger partial charge in [0.1, 0.15) is 12.1 Å².